The van der Waals surface area contributed by atoms with Crippen LogP contribution in [0.3, 0.4) is 0 Å². The summed E-state index contributed by atoms with van der Waals surface area (Å²) in [5.74, 6) is -1.73. The van der Waals surface area contributed by atoms with Crippen molar-refractivity contribution < 1.29 is 36.2 Å². The SMILES string of the molecule is NC(C(=O)O)c1cc(C(F)(F)F)cc(C(F)(F)F)c1. The summed E-state index contributed by atoms with van der Waals surface area (Å²) in [6.45, 7) is 0. The molecule has 1 rings (SSSR count). The number of carboxylic acid groups (broad SMARTS) is 1. The highest BCUT2D eigenvalue weighted by Gasteiger charge is 2.37. The average Bonchev–Trinajstić information content (AvgIpc) is 2.24. The minimum absolute atomic E-state index is 0.0991. The van der Waals surface area contributed by atoms with Gasteiger partial charge in [-0.25, -0.2) is 0 Å². The number of rotatable bonds is 2. The molecule has 0 heterocycles. The van der Waals surface area contributed by atoms with Crippen molar-refractivity contribution in [3.8, 4) is 0 Å². The summed E-state index contributed by atoms with van der Waals surface area (Å²) in [5, 5.41) is 8.54. The van der Waals surface area contributed by atoms with E-state index >= 15 is 0 Å². The van der Waals surface area contributed by atoms with Crippen LogP contribution < -0.4 is 5.73 Å². The van der Waals surface area contributed by atoms with Gasteiger partial charge in [0.2, 0.25) is 0 Å². The van der Waals surface area contributed by atoms with Gasteiger partial charge in [-0.3, -0.25) is 4.79 Å². The molecule has 1 aromatic carbocycles. The Morgan fingerprint density at radius 1 is 1.00 bits per heavy atom. The van der Waals surface area contributed by atoms with Crippen molar-refractivity contribution in [3.63, 3.8) is 0 Å². The van der Waals surface area contributed by atoms with Crippen molar-refractivity contribution in [1.29, 1.82) is 0 Å². The highest BCUT2D eigenvalue weighted by Crippen LogP contribution is 2.37. The molecule has 0 bridgehead atoms. The zero-order chi connectivity index (χ0) is 15.0. The number of carboxylic acids is 1. The molecule has 0 fully saturated rings. The van der Waals surface area contributed by atoms with Crippen molar-refractivity contribution in [1.82, 2.24) is 0 Å². The molecule has 0 aromatic heterocycles. The Labute approximate surface area is 102 Å². The molecule has 0 aliphatic rings. The summed E-state index contributed by atoms with van der Waals surface area (Å²) in [6.07, 6.45) is -10.1. The summed E-state index contributed by atoms with van der Waals surface area (Å²) in [6, 6.07) is -1.50. The van der Waals surface area contributed by atoms with Gasteiger partial charge in [-0.1, -0.05) is 0 Å². The van der Waals surface area contributed by atoms with E-state index < -0.39 is 41.1 Å². The lowest BCUT2D eigenvalue weighted by atomic mass is 10.00. The second-order valence-corrected chi connectivity index (χ2v) is 3.66. The highest BCUT2D eigenvalue weighted by molar-refractivity contribution is 5.75. The molecular weight excluding hydrogens is 280 g/mol. The molecule has 106 valence electrons. The summed E-state index contributed by atoms with van der Waals surface area (Å²) in [5.41, 5.74) is 1.05. The molecule has 0 aliphatic carbocycles. The first-order valence-corrected chi connectivity index (χ1v) is 4.70. The summed E-state index contributed by atoms with van der Waals surface area (Å²) >= 11 is 0. The number of aliphatic carboxylic acids is 1. The number of nitrogens with two attached hydrogens (primary N) is 1. The molecule has 19 heavy (non-hydrogen) atoms. The van der Waals surface area contributed by atoms with Gasteiger partial charge in [0.1, 0.15) is 6.04 Å². The fraction of sp³-hybridized carbons (Fsp3) is 0.300. The molecule has 0 amide bonds. The van der Waals surface area contributed by atoms with E-state index in [2.05, 4.69) is 0 Å². The van der Waals surface area contributed by atoms with E-state index in [1.165, 1.54) is 0 Å². The van der Waals surface area contributed by atoms with Gasteiger partial charge in [-0.15, -0.1) is 0 Å². The van der Waals surface area contributed by atoms with Crippen LogP contribution in [-0.2, 0) is 17.1 Å². The summed E-state index contributed by atoms with van der Waals surface area (Å²) < 4.78 is 74.7. The zero-order valence-electron chi connectivity index (χ0n) is 9.01. The molecule has 9 heteroatoms. The fourth-order valence-corrected chi connectivity index (χ4v) is 1.30. The van der Waals surface area contributed by atoms with E-state index in [0.29, 0.717) is 0 Å². The van der Waals surface area contributed by atoms with Crippen molar-refractivity contribution in [2.45, 2.75) is 18.4 Å². The Morgan fingerprint density at radius 2 is 1.37 bits per heavy atom. The van der Waals surface area contributed by atoms with Crippen LogP contribution in [-0.4, -0.2) is 11.1 Å². The van der Waals surface area contributed by atoms with Crippen LogP contribution in [0, 0.1) is 0 Å². The second-order valence-electron chi connectivity index (χ2n) is 3.66. The van der Waals surface area contributed by atoms with Gasteiger partial charge in [-0.2, -0.15) is 26.3 Å². The predicted octanol–water partition coefficient (Wildman–Crippen LogP) is 2.81. The topological polar surface area (TPSA) is 63.3 Å². The van der Waals surface area contributed by atoms with Crippen LogP contribution in [0.4, 0.5) is 26.3 Å². The molecular formula is C10H7F6NO2. The normalized spacial score (nSPS) is 14.3. The number of hydrogen-bond acceptors (Lipinski definition) is 2. The van der Waals surface area contributed by atoms with Crippen LogP contribution in [0.25, 0.3) is 0 Å². The molecule has 0 radical (unpaired) electrons. The molecule has 0 spiro atoms. The summed E-state index contributed by atoms with van der Waals surface area (Å²) in [7, 11) is 0. The zero-order valence-corrected chi connectivity index (χ0v) is 9.01. The summed E-state index contributed by atoms with van der Waals surface area (Å²) in [4.78, 5) is 10.5. The molecule has 3 nitrogen and oxygen atoms in total. The number of halogens is 6. The van der Waals surface area contributed by atoms with E-state index in [-0.39, 0.29) is 18.2 Å². The standard InChI is InChI=1S/C10H7F6NO2/c11-9(12,13)5-1-4(7(17)8(18)19)2-6(3-5)10(14,15)16/h1-3,7H,17H2,(H,18,19). The van der Waals surface area contributed by atoms with Crippen LogP contribution in [0.1, 0.15) is 22.7 Å². The van der Waals surface area contributed by atoms with Gasteiger partial charge in [0.25, 0.3) is 0 Å². The first-order valence-electron chi connectivity index (χ1n) is 4.70. The Hall–Kier alpha value is -1.77. The van der Waals surface area contributed by atoms with Gasteiger partial charge in [0.15, 0.2) is 0 Å². The van der Waals surface area contributed by atoms with Crippen LogP contribution >= 0.6 is 0 Å². The van der Waals surface area contributed by atoms with E-state index in [1.807, 2.05) is 0 Å². The Bertz CT molecular complexity index is 462. The maximum Gasteiger partial charge on any atom is 0.416 e. The smallest absolute Gasteiger partial charge is 0.416 e. The van der Waals surface area contributed by atoms with E-state index in [0.717, 1.165) is 0 Å². The number of alkyl halides is 6. The Morgan fingerprint density at radius 3 is 1.63 bits per heavy atom. The van der Waals surface area contributed by atoms with Gasteiger partial charge in [-0.05, 0) is 23.8 Å². The molecule has 1 unspecified atom stereocenters. The van der Waals surface area contributed by atoms with Gasteiger partial charge < -0.3 is 10.8 Å². The largest absolute Gasteiger partial charge is 0.480 e. The van der Waals surface area contributed by atoms with Gasteiger partial charge in [0, 0.05) is 0 Å². The van der Waals surface area contributed by atoms with Crippen molar-refractivity contribution >= 4 is 5.97 Å². The third-order valence-electron chi connectivity index (χ3n) is 2.24. The lowest BCUT2D eigenvalue weighted by Gasteiger charge is -2.15. The van der Waals surface area contributed by atoms with Crippen LogP contribution in [0.15, 0.2) is 18.2 Å². The van der Waals surface area contributed by atoms with E-state index in [4.69, 9.17) is 10.8 Å². The monoisotopic (exact) mass is 287 g/mol. The Kier molecular flexibility index (Phi) is 3.80. The molecule has 3 N–H and O–H groups in total. The lowest BCUT2D eigenvalue weighted by Crippen LogP contribution is -2.22. The maximum atomic E-state index is 12.4. The first-order chi connectivity index (χ1) is 8.43. The molecule has 0 aliphatic heterocycles. The highest BCUT2D eigenvalue weighted by atomic mass is 19.4. The number of benzene rings is 1. The minimum atomic E-state index is -5.03. The molecule has 1 atom stereocenters. The van der Waals surface area contributed by atoms with Gasteiger partial charge >= 0.3 is 18.3 Å². The minimum Gasteiger partial charge on any atom is -0.480 e. The third-order valence-corrected chi connectivity index (χ3v) is 2.24. The predicted molar refractivity (Wildman–Crippen MR) is 51.0 cm³/mol. The molecule has 0 saturated heterocycles. The van der Waals surface area contributed by atoms with Crippen molar-refractivity contribution in [2.75, 3.05) is 0 Å². The first kappa shape index (κ1) is 15.3. The fourth-order valence-electron chi connectivity index (χ4n) is 1.30. The second kappa shape index (κ2) is 4.72. The van der Waals surface area contributed by atoms with Crippen LogP contribution in [0.2, 0.25) is 0 Å². The molecule has 1 aromatic rings. The lowest BCUT2D eigenvalue weighted by molar-refractivity contribution is -0.144. The van der Waals surface area contributed by atoms with E-state index in [1.54, 1.807) is 0 Å². The Balaban J connectivity index is 3.45. The van der Waals surface area contributed by atoms with E-state index in [9.17, 15) is 31.1 Å². The third kappa shape index (κ3) is 3.60. The number of carbonyl (C=O) groups is 1. The maximum absolute atomic E-state index is 12.4. The molecule has 0 saturated carbocycles. The number of hydrogen-bond donors (Lipinski definition) is 2. The average molecular weight is 287 g/mol. The van der Waals surface area contributed by atoms with Crippen LogP contribution in [0.5, 0.6) is 0 Å². The van der Waals surface area contributed by atoms with Crippen molar-refractivity contribution in [3.05, 3.63) is 34.9 Å². The quantitative estimate of drug-likeness (QED) is 0.822. The van der Waals surface area contributed by atoms with Crippen molar-refractivity contribution in [2.24, 2.45) is 5.73 Å². The van der Waals surface area contributed by atoms with Gasteiger partial charge in [0.05, 0.1) is 11.1 Å².